The van der Waals surface area contributed by atoms with E-state index in [1.165, 1.54) is 0 Å². The lowest BCUT2D eigenvalue weighted by molar-refractivity contribution is -0.133. The maximum atomic E-state index is 11.5. The number of hydrogen-bond acceptors (Lipinski definition) is 4. The normalized spacial score (nSPS) is 19.1. The van der Waals surface area contributed by atoms with Gasteiger partial charge in [-0.1, -0.05) is 12.1 Å². The maximum Gasteiger partial charge on any atom is 0.222 e. The van der Waals surface area contributed by atoms with Crippen LogP contribution in [0.25, 0.3) is 11.0 Å². The van der Waals surface area contributed by atoms with Gasteiger partial charge in [0.05, 0.1) is 22.9 Å². The number of piperidine rings is 1. The van der Waals surface area contributed by atoms with Crippen molar-refractivity contribution in [3.8, 4) is 0 Å². The second kappa shape index (κ2) is 6.40. The monoisotopic (exact) mass is 298 g/mol. The second-order valence-corrected chi connectivity index (χ2v) is 6.23. The molecule has 1 aliphatic heterocycles. The van der Waals surface area contributed by atoms with Crippen LogP contribution in [-0.4, -0.2) is 52.9 Å². The molecule has 0 radical (unpaired) electrons. The van der Waals surface area contributed by atoms with Crippen LogP contribution in [0, 0.1) is 5.92 Å². The molecule has 0 saturated carbocycles. The van der Waals surface area contributed by atoms with Crippen molar-refractivity contribution in [1.29, 1.82) is 0 Å². The Morgan fingerprint density at radius 1 is 1.32 bits per heavy atom. The van der Waals surface area contributed by atoms with Crippen LogP contribution in [0.2, 0.25) is 0 Å². The summed E-state index contributed by atoms with van der Waals surface area (Å²) in [5.41, 5.74) is 2.86. The molecule has 1 atom stereocenters. The zero-order valence-electron chi connectivity index (χ0n) is 13.2. The summed E-state index contributed by atoms with van der Waals surface area (Å²) in [6, 6.07) is 7.93. The third kappa shape index (κ3) is 3.42. The fourth-order valence-corrected chi connectivity index (χ4v) is 3.10. The standard InChI is InChI=1S/C17H22N4O/c1-20(10-13-7-8-17(22)21(2)11-13)12-14-9-18-15-5-3-4-6-16(15)19-14/h3-6,9,13H,7-8,10-12H2,1-2H3. The number of aromatic nitrogens is 2. The van der Waals surface area contributed by atoms with Gasteiger partial charge in [0.1, 0.15) is 0 Å². The van der Waals surface area contributed by atoms with Gasteiger partial charge in [-0.25, -0.2) is 4.98 Å². The first-order valence-corrected chi connectivity index (χ1v) is 7.75. The van der Waals surface area contributed by atoms with E-state index in [9.17, 15) is 4.79 Å². The molecule has 5 heteroatoms. The van der Waals surface area contributed by atoms with Gasteiger partial charge >= 0.3 is 0 Å². The smallest absolute Gasteiger partial charge is 0.222 e. The van der Waals surface area contributed by atoms with Crippen LogP contribution in [0.15, 0.2) is 30.5 Å². The summed E-state index contributed by atoms with van der Waals surface area (Å²) in [4.78, 5) is 24.8. The first-order chi connectivity index (χ1) is 10.6. The summed E-state index contributed by atoms with van der Waals surface area (Å²) in [6.07, 6.45) is 3.51. The molecule has 1 unspecified atom stereocenters. The topological polar surface area (TPSA) is 49.3 Å². The lowest BCUT2D eigenvalue weighted by Crippen LogP contribution is -2.41. The van der Waals surface area contributed by atoms with Gasteiger partial charge in [0, 0.05) is 33.1 Å². The van der Waals surface area contributed by atoms with Gasteiger partial charge in [-0.2, -0.15) is 0 Å². The Morgan fingerprint density at radius 2 is 2.09 bits per heavy atom. The zero-order valence-corrected chi connectivity index (χ0v) is 13.2. The number of benzene rings is 1. The molecule has 2 aromatic rings. The molecule has 0 aliphatic carbocycles. The quantitative estimate of drug-likeness (QED) is 0.865. The molecule has 1 aliphatic rings. The van der Waals surface area contributed by atoms with Gasteiger partial charge < -0.3 is 9.80 Å². The molecular formula is C17H22N4O. The molecule has 1 saturated heterocycles. The van der Waals surface area contributed by atoms with Crippen LogP contribution in [-0.2, 0) is 11.3 Å². The fraction of sp³-hybridized carbons (Fsp3) is 0.471. The van der Waals surface area contributed by atoms with Gasteiger partial charge in [0.2, 0.25) is 5.91 Å². The average molecular weight is 298 g/mol. The zero-order chi connectivity index (χ0) is 15.5. The van der Waals surface area contributed by atoms with E-state index in [4.69, 9.17) is 0 Å². The molecule has 116 valence electrons. The number of para-hydroxylation sites is 2. The summed E-state index contributed by atoms with van der Waals surface area (Å²) in [6.45, 7) is 2.62. The Balaban J connectivity index is 1.60. The highest BCUT2D eigenvalue weighted by molar-refractivity contribution is 5.76. The van der Waals surface area contributed by atoms with Gasteiger partial charge in [-0.15, -0.1) is 0 Å². The first kappa shape index (κ1) is 14.9. The Morgan fingerprint density at radius 3 is 2.86 bits per heavy atom. The van der Waals surface area contributed by atoms with Crippen molar-refractivity contribution < 1.29 is 4.79 Å². The molecule has 3 rings (SSSR count). The van der Waals surface area contributed by atoms with Gasteiger partial charge in [0.25, 0.3) is 0 Å². The van der Waals surface area contributed by atoms with Crippen LogP contribution in [0.4, 0.5) is 0 Å². The highest BCUT2D eigenvalue weighted by Gasteiger charge is 2.23. The molecule has 22 heavy (non-hydrogen) atoms. The molecule has 0 bridgehead atoms. The molecule has 5 nitrogen and oxygen atoms in total. The van der Waals surface area contributed by atoms with Crippen molar-refractivity contribution in [2.24, 2.45) is 5.92 Å². The third-order valence-corrected chi connectivity index (χ3v) is 4.22. The number of rotatable bonds is 4. The lowest BCUT2D eigenvalue weighted by atomic mass is 9.97. The van der Waals surface area contributed by atoms with Crippen LogP contribution >= 0.6 is 0 Å². The minimum Gasteiger partial charge on any atom is -0.345 e. The van der Waals surface area contributed by atoms with Crippen LogP contribution < -0.4 is 0 Å². The Kier molecular flexibility index (Phi) is 4.34. The molecule has 1 aromatic carbocycles. The van der Waals surface area contributed by atoms with E-state index in [0.29, 0.717) is 12.3 Å². The van der Waals surface area contributed by atoms with Crippen molar-refractivity contribution in [1.82, 2.24) is 19.8 Å². The van der Waals surface area contributed by atoms with Crippen molar-refractivity contribution in [3.05, 3.63) is 36.2 Å². The van der Waals surface area contributed by atoms with E-state index in [0.717, 1.165) is 42.8 Å². The molecule has 0 N–H and O–H groups in total. The minimum atomic E-state index is 0.263. The number of nitrogens with zero attached hydrogens (tertiary/aromatic N) is 4. The summed E-state index contributed by atoms with van der Waals surface area (Å²) in [5.74, 6) is 0.806. The summed E-state index contributed by atoms with van der Waals surface area (Å²) in [7, 11) is 4.00. The van der Waals surface area contributed by atoms with Crippen LogP contribution in [0.5, 0.6) is 0 Å². The summed E-state index contributed by atoms with van der Waals surface area (Å²) in [5, 5.41) is 0. The predicted octanol–water partition coefficient (Wildman–Crippen LogP) is 1.93. The SMILES string of the molecule is CN(Cc1cnc2ccccc2n1)CC1CCC(=O)N(C)C1. The van der Waals surface area contributed by atoms with Crippen molar-refractivity contribution in [2.45, 2.75) is 19.4 Å². The number of hydrogen-bond donors (Lipinski definition) is 0. The van der Waals surface area contributed by atoms with Crippen molar-refractivity contribution in [3.63, 3.8) is 0 Å². The van der Waals surface area contributed by atoms with E-state index >= 15 is 0 Å². The number of carbonyl (C=O) groups is 1. The fourth-order valence-electron chi connectivity index (χ4n) is 3.10. The molecule has 0 spiro atoms. The molecular weight excluding hydrogens is 276 g/mol. The van der Waals surface area contributed by atoms with Crippen LogP contribution in [0.3, 0.4) is 0 Å². The predicted molar refractivity (Wildman–Crippen MR) is 86.2 cm³/mol. The van der Waals surface area contributed by atoms with E-state index in [1.54, 1.807) is 0 Å². The lowest BCUT2D eigenvalue weighted by Gasteiger charge is -2.32. The molecule has 1 fully saturated rings. The van der Waals surface area contributed by atoms with Gasteiger partial charge in [-0.05, 0) is 31.5 Å². The van der Waals surface area contributed by atoms with E-state index in [2.05, 4.69) is 21.9 Å². The largest absolute Gasteiger partial charge is 0.345 e. The number of carbonyl (C=O) groups excluding carboxylic acids is 1. The van der Waals surface area contributed by atoms with E-state index < -0.39 is 0 Å². The molecule has 1 amide bonds. The van der Waals surface area contributed by atoms with E-state index in [-0.39, 0.29) is 5.91 Å². The highest BCUT2D eigenvalue weighted by atomic mass is 16.2. The van der Waals surface area contributed by atoms with Gasteiger partial charge in [-0.3, -0.25) is 9.78 Å². The Bertz CT molecular complexity index is 673. The van der Waals surface area contributed by atoms with Crippen molar-refractivity contribution >= 4 is 16.9 Å². The maximum absolute atomic E-state index is 11.5. The van der Waals surface area contributed by atoms with Gasteiger partial charge in [0.15, 0.2) is 0 Å². The first-order valence-electron chi connectivity index (χ1n) is 7.75. The number of amides is 1. The third-order valence-electron chi connectivity index (χ3n) is 4.22. The summed E-state index contributed by atoms with van der Waals surface area (Å²) >= 11 is 0. The Labute approximate surface area is 131 Å². The van der Waals surface area contributed by atoms with Crippen LogP contribution in [0.1, 0.15) is 18.5 Å². The highest BCUT2D eigenvalue weighted by Crippen LogP contribution is 2.18. The van der Waals surface area contributed by atoms with E-state index in [1.807, 2.05) is 42.4 Å². The Hall–Kier alpha value is -2.01. The number of likely N-dealkylation sites (tertiary alicyclic amines) is 1. The average Bonchev–Trinajstić information content (AvgIpc) is 2.51. The molecule has 1 aromatic heterocycles. The summed E-state index contributed by atoms with van der Waals surface area (Å²) < 4.78 is 0. The van der Waals surface area contributed by atoms with Crippen molar-refractivity contribution in [2.75, 3.05) is 27.2 Å². The molecule has 2 heterocycles. The number of fused-ring (bicyclic) bond motifs is 1. The second-order valence-electron chi connectivity index (χ2n) is 6.23. The minimum absolute atomic E-state index is 0.263.